The van der Waals surface area contributed by atoms with E-state index in [1.165, 1.54) is 11.0 Å². The van der Waals surface area contributed by atoms with Crippen LogP contribution in [0.4, 0.5) is 14.9 Å². The van der Waals surface area contributed by atoms with Gasteiger partial charge in [-0.3, -0.25) is 9.88 Å². The molecule has 29 heavy (non-hydrogen) atoms. The number of cyclic esters (lactones) is 1. The van der Waals surface area contributed by atoms with Crippen LogP contribution < -0.4 is 10.6 Å². The van der Waals surface area contributed by atoms with Gasteiger partial charge in [0.1, 0.15) is 17.3 Å². The number of fused-ring (bicyclic) bond motifs is 1. The summed E-state index contributed by atoms with van der Waals surface area (Å²) in [6, 6.07) is 10.6. The molecule has 2 saturated heterocycles. The Morgan fingerprint density at radius 3 is 2.69 bits per heavy atom. The molecular formula is C21H19FN4O3. The first-order chi connectivity index (χ1) is 14.1. The van der Waals surface area contributed by atoms with Gasteiger partial charge in [-0.25, -0.2) is 9.18 Å². The number of carbonyl (C=O) groups is 1. The Balaban J connectivity index is 1.39. The van der Waals surface area contributed by atoms with Crippen molar-refractivity contribution in [1.82, 2.24) is 4.98 Å². The molecule has 2 aliphatic heterocycles. The number of pyridine rings is 1. The van der Waals surface area contributed by atoms with Crippen LogP contribution in [0.1, 0.15) is 5.69 Å². The van der Waals surface area contributed by atoms with Crippen molar-refractivity contribution >= 4 is 11.8 Å². The molecule has 1 unspecified atom stereocenters. The van der Waals surface area contributed by atoms with Crippen molar-refractivity contribution in [2.75, 3.05) is 31.2 Å². The molecule has 0 radical (unpaired) electrons. The summed E-state index contributed by atoms with van der Waals surface area (Å²) >= 11 is 0. The minimum Gasteiger partial charge on any atom is -0.443 e. The third-order valence-corrected chi connectivity index (χ3v) is 6.23. The number of rotatable bonds is 4. The van der Waals surface area contributed by atoms with Crippen LogP contribution in [0.2, 0.25) is 0 Å². The summed E-state index contributed by atoms with van der Waals surface area (Å²) in [5.74, 6) is -0.0772. The zero-order valence-electron chi connectivity index (χ0n) is 15.5. The van der Waals surface area contributed by atoms with Crippen molar-refractivity contribution in [2.24, 2.45) is 17.6 Å². The molecule has 3 aliphatic rings. The lowest BCUT2D eigenvalue weighted by atomic mass is 9.96. The Bertz CT molecular complexity index is 1010. The zero-order valence-corrected chi connectivity index (χ0v) is 15.5. The lowest BCUT2D eigenvalue weighted by Gasteiger charge is -2.15. The Kier molecular flexibility index (Phi) is 4.05. The van der Waals surface area contributed by atoms with Gasteiger partial charge in [-0.15, -0.1) is 0 Å². The number of nitrogens with zero attached hydrogens (tertiary/aromatic N) is 3. The predicted octanol–water partition coefficient (Wildman–Crippen LogP) is 2.21. The van der Waals surface area contributed by atoms with Crippen molar-refractivity contribution in [3.05, 3.63) is 48.0 Å². The molecular weight excluding hydrogens is 375 g/mol. The fraction of sp³-hybridized carbons (Fsp3) is 0.381. The Morgan fingerprint density at radius 2 is 2.10 bits per heavy atom. The van der Waals surface area contributed by atoms with Gasteiger partial charge in [-0.05, 0) is 24.3 Å². The summed E-state index contributed by atoms with van der Waals surface area (Å²) in [5, 5.41) is 9.68. The van der Waals surface area contributed by atoms with Crippen LogP contribution in [0.5, 0.6) is 0 Å². The number of hydrogen-bond acceptors (Lipinski definition) is 6. The fourth-order valence-electron chi connectivity index (χ4n) is 4.52. The molecule has 3 fully saturated rings. The molecule has 148 valence electrons. The van der Waals surface area contributed by atoms with Crippen LogP contribution >= 0.6 is 0 Å². The van der Waals surface area contributed by atoms with Crippen molar-refractivity contribution < 1.29 is 18.7 Å². The molecule has 1 aliphatic carbocycles. The average Bonchev–Trinajstić information content (AvgIpc) is 3.06. The van der Waals surface area contributed by atoms with Crippen LogP contribution in [0.25, 0.3) is 11.1 Å². The monoisotopic (exact) mass is 394 g/mol. The Labute approximate surface area is 166 Å². The molecule has 2 aromatic rings. The number of halogens is 1. The van der Waals surface area contributed by atoms with E-state index >= 15 is 0 Å². The number of anilines is 1. The van der Waals surface area contributed by atoms with E-state index in [0.29, 0.717) is 42.3 Å². The van der Waals surface area contributed by atoms with E-state index in [1.807, 2.05) is 0 Å². The number of nitrogens with two attached hydrogens (primary N) is 1. The summed E-state index contributed by atoms with van der Waals surface area (Å²) in [6.45, 7) is 1.69. The van der Waals surface area contributed by atoms with E-state index in [4.69, 9.17) is 15.2 Å². The van der Waals surface area contributed by atoms with Gasteiger partial charge in [0.25, 0.3) is 0 Å². The second-order valence-corrected chi connectivity index (χ2v) is 7.68. The normalized spacial score (nSPS) is 30.0. The van der Waals surface area contributed by atoms with Crippen LogP contribution in [0, 0.1) is 29.0 Å². The minimum atomic E-state index is -0.575. The van der Waals surface area contributed by atoms with Crippen LogP contribution in [0.15, 0.2) is 36.5 Å². The van der Waals surface area contributed by atoms with Gasteiger partial charge in [0.2, 0.25) is 0 Å². The Hall–Kier alpha value is -3.02. The van der Waals surface area contributed by atoms with Crippen molar-refractivity contribution in [3.63, 3.8) is 0 Å². The number of benzene rings is 1. The maximum atomic E-state index is 14.8. The zero-order chi connectivity index (χ0) is 20.2. The molecule has 2 N–H and O–H groups in total. The lowest BCUT2D eigenvalue weighted by molar-refractivity contribution is 0.145. The van der Waals surface area contributed by atoms with Crippen LogP contribution in [-0.4, -0.2) is 43.5 Å². The standard InChI is InChI=1S/C21H19FN4O3/c22-18-5-13(26-8-14(6-23)29-20(26)27)2-3-15(18)12-1-4-19(25-7-12)21(11-24)16-9-28-10-17(16)21/h1-5,7,14,16-17H,6,8-10,23H2/t14?,16-,17+,21+. The van der Waals surface area contributed by atoms with Crippen molar-refractivity contribution in [1.29, 1.82) is 5.26 Å². The fourth-order valence-corrected chi connectivity index (χ4v) is 4.52. The van der Waals surface area contributed by atoms with Crippen molar-refractivity contribution in [3.8, 4) is 17.2 Å². The highest BCUT2D eigenvalue weighted by atomic mass is 19.1. The number of amides is 1. The SMILES string of the molecule is N#C[C@]1(c2ccc(-c3ccc(N4CC(CN)OC4=O)cc3F)cn2)[C@@H]2COC[C@@H]21. The number of aromatic nitrogens is 1. The Morgan fingerprint density at radius 1 is 1.31 bits per heavy atom. The molecule has 4 atom stereocenters. The van der Waals surface area contributed by atoms with E-state index < -0.39 is 17.3 Å². The third-order valence-electron chi connectivity index (χ3n) is 6.23. The number of nitriles is 1. The number of ether oxygens (including phenoxy) is 2. The van der Waals surface area contributed by atoms with Crippen LogP contribution in [0.3, 0.4) is 0 Å². The summed E-state index contributed by atoms with van der Waals surface area (Å²) in [6.07, 6.45) is 0.678. The molecule has 0 bridgehead atoms. The molecule has 1 amide bonds. The van der Waals surface area contributed by atoms with Gasteiger partial charge in [0, 0.05) is 35.7 Å². The molecule has 8 heteroatoms. The molecule has 5 rings (SSSR count). The number of carbonyl (C=O) groups excluding carboxylic acids is 1. The maximum absolute atomic E-state index is 14.8. The quantitative estimate of drug-likeness (QED) is 0.853. The van der Waals surface area contributed by atoms with Crippen LogP contribution in [-0.2, 0) is 14.9 Å². The minimum absolute atomic E-state index is 0.194. The van der Waals surface area contributed by atoms with Gasteiger partial charge in [0.15, 0.2) is 0 Å². The van der Waals surface area contributed by atoms with Gasteiger partial charge in [-0.1, -0.05) is 6.07 Å². The molecule has 0 spiro atoms. The third kappa shape index (κ3) is 2.62. The van der Waals surface area contributed by atoms with E-state index in [0.717, 1.165) is 0 Å². The number of hydrogen-bond donors (Lipinski definition) is 1. The highest BCUT2D eigenvalue weighted by molar-refractivity contribution is 5.90. The van der Waals surface area contributed by atoms with E-state index in [2.05, 4.69) is 11.1 Å². The topological polar surface area (TPSA) is 101 Å². The smallest absolute Gasteiger partial charge is 0.414 e. The van der Waals surface area contributed by atoms with Gasteiger partial charge in [0.05, 0.1) is 37.2 Å². The molecule has 1 aromatic carbocycles. The molecule has 7 nitrogen and oxygen atoms in total. The highest BCUT2D eigenvalue weighted by Crippen LogP contribution is 2.62. The molecule has 1 aromatic heterocycles. The van der Waals surface area contributed by atoms with E-state index in [1.54, 1.807) is 30.5 Å². The van der Waals surface area contributed by atoms with Gasteiger partial charge < -0.3 is 15.2 Å². The molecule has 3 heterocycles. The average molecular weight is 394 g/mol. The van der Waals surface area contributed by atoms with E-state index in [-0.39, 0.29) is 24.5 Å². The summed E-state index contributed by atoms with van der Waals surface area (Å²) in [5.41, 5.74) is 7.09. The molecule has 1 saturated carbocycles. The maximum Gasteiger partial charge on any atom is 0.414 e. The summed E-state index contributed by atoms with van der Waals surface area (Å²) in [7, 11) is 0. The predicted molar refractivity (Wildman–Crippen MR) is 101 cm³/mol. The summed E-state index contributed by atoms with van der Waals surface area (Å²) < 4.78 is 25.3. The van der Waals surface area contributed by atoms with Crippen molar-refractivity contribution in [2.45, 2.75) is 11.5 Å². The highest BCUT2D eigenvalue weighted by Gasteiger charge is 2.70. The largest absolute Gasteiger partial charge is 0.443 e. The van der Waals surface area contributed by atoms with Gasteiger partial charge >= 0.3 is 6.09 Å². The van der Waals surface area contributed by atoms with Gasteiger partial charge in [-0.2, -0.15) is 5.26 Å². The first-order valence-corrected chi connectivity index (χ1v) is 9.52. The second kappa shape index (κ2) is 6.51. The second-order valence-electron chi connectivity index (χ2n) is 7.68. The first-order valence-electron chi connectivity index (χ1n) is 9.52. The summed E-state index contributed by atoms with van der Waals surface area (Å²) in [4.78, 5) is 17.8. The van der Waals surface area contributed by atoms with E-state index in [9.17, 15) is 14.4 Å². The first kappa shape index (κ1) is 18.0. The lowest BCUT2D eigenvalue weighted by Crippen LogP contribution is -2.27.